The number of carbonyl (C=O) groups excluding carboxylic acids is 1. The molecule has 0 N–H and O–H groups in total. The van der Waals surface area contributed by atoms with Crippen LogP contribution in [0.25, 0.3) is 0 Å². The molecule has 2 rings (SSSR count). The van der Waals surface area contributed by atoms with Gasteiger partial charge in [0.15, 0.2) is 23.3 Å². The summed E-state index contributed by atoms with van der Waals surface area (Å²) in [5, 5.41) is 0. The van der Waals surface area contributed by atoms with E-state index in [4.69, 9.17) is 0 Å². The molecule has 0 spiro atoms. The second-order valence-electron chi connectivity index (χ2n) is 7.05. The van der Waals surface area contributed by atoms with Gasteiger partial charge >= 0.3 is 0 Å². The molecule has 0 aliphatic rings. The molecule has 0 aliphatic carbocycles. The van der Waals surface area contributed by atoms with Crippen LogP contribution in [0.3, 0.4) is 0 Å². The second kappa shape index (κ2) is 8.39. The lowest BCUT2D eigenvalue weighted by Gasteiger charge is -2.38. The molecule has 0 aromatic heterocycles. The van der Waals surface area contributed by atoms with Gasteiger partial charge < -0.3 is 4.90 Å². The van der Waals surface area contributed by atoms with E-state index < -0.39 is 51.9 Å². The van der Waals surface area contributed by atoms with Gasteiger partial charge in [-0.25, -0.2) is 22.0 Å². The maximum Gasteiger partial charge on any atom is 0.166 e. The molecule has 0 radical (unpaired) electrons. The van der Waals surface area contributed by atoms with Gasteiger partial charge in [-0.1, -0.05) is 19.1 Å². The molecule has 0 saturated carbocycles. The van der Waals surface area contributed by atoms with Crippen molar-refractivity contribution in [2.75, 3.05) is 14.1 Å². The van der Waals surface area contributed by atoms with Crippen molar-refractivity contribution in [2.45, 2.75) is 38.1 Å². The standard InChI is InChI=1S/C21H22F5NO/c1-5-17(28)21(11-12(2)27(3)4,13-6-8-14(22)9-7-13)18-19(25)15(23)10-16(24)20(18)26/h6-10,12H,5,11H2,1-4H3/t12-,21-/m0/s1. The molecule has 0 amide bonds. The highest BCUT2D eigenvalue weighted by atomic mass is 19.2. The molecule has 2 aromatic carbocycles. The van der Waals surface area contributed by atoms with Crippen molar-refractivity contribution in [2.24, 2.45) is 0 Å². The van der Waals surface area contributed by atoms with Crippen molar-refractivity contribution >= 4 is 5.78 Å². The fourth-order valence-corrected chi connectivity index (χ4v) is 3.39. The van der Waals surface area contributed by atoms with Crippen molar-refractivity contribution < 1.29 is 26.7 Å². The van der Waals surface area contributed by atoms with E-state index in [0.29, 0.717) is 0 Å². The molecule has 0 unspecified atom stereocenters. The van der Waals surface area contributed by atoms with Crippen molar-refractivity contribution in [1.82, 2.24) is 4.90 Å². The Kier molecular flexibility index (Phi) is 6.59. The number of nitrogens with zero attached hydrogens (tertiary/aromatic N) is 1. The number of benzene rings is 2. The average Bonchev–Trinajstić information content (AvgIpc) is 2.65. The van der Waals surface area contributed by atoms with Gasteiger partial charge in [0, 0.05) is 24.1 Å². The molecule has 2 nitrogen and oxygen atoms in total. The Hall–Kier alpha value is -2.28. The highest BCUT2D eigenvalue weighted by Gasteiger charge is 2.47. The summed E-state index contributed by atoms with van der Waals surface area (Å²) >= 11 is 0. The van der Waals surface area contributed by atoms with Crippen LogP contribution in [0.5, 0.6) is 0 Å². The largest absolute Gasteiger partial charge is 0.307 e. The minimum atomic E-state index is -2.02. The zero-order chi connectivity index (χ0) is 21.2. The summed E-state index contributed by atoms with van der Waals surface area (Å²) in [6.07, 6.45) is -0.302. The molecule has 0 fully saturated rings. The van der Waals surface area contributed by atoms with Crippen LogP contribution >= 0.6 is 0 Å². The minimum absolute atomic E-state index is 0.0669. The molecule has 2 aromatic rings. The van der Waals surface area contributed by atoms with Crippen LogP contribution in [0.15, 0.2) is 30.3 Å². The summed E-state index contributed by atoms with van der Waals surface area (Å²) in [5.74, 6) is -7.69. The summed E-state index contributed by atoms with van der Waals surface area (Å²) in [4.78, 5) is 14.8. The lowest BCUT2D eigenvalue weighted by Crippen LogP contribution is -2.44. The van der Waals surface area contributed by atoms with Gasteiger partial charge in [-0.3, -0.25) is 4.79 Å². The van der Waals surface area contributed by atoms with Crippen LogP contribution < -0.4 is 0 Å². The number of rotatable bonds is 7. The fraction of sp³-hybridized carbons (Fsp3) is 0.381. The van der Waals surface area contributed by atoms with Crippen molar-refractivity contribution in [3.8, 4) is 0 Å². The van der Waals surface area contributed by atoms with Crippen molar-refractivity contribution in [1.29, 1.82) is 0 Å². The summed E-state index contributed by atoms with van der Waals surface area (Å²) in [6, 6.07) is 4.22. The van der Waals surface area contributed by atoms with E-state index in [0.717, 1.165) is 12.1 Å². The van der Waals surface area contributed by atoms with Crippen LogP contribution in [-0.4, -0.2) is 30.8 Å². The Morgan fingerprint density at radius 1 is 1.00 bits per heavy atom. The molecule has 0 heterocycles. The molecule has 28 heavy (non-hydrogen) atoms. The van der Waals surface area contributed by atoms with Crippen LogP contribution in [0.4, 0.5) is 22.0 Å². The smallest absolute Gasteiger partial charge is 0.166 e. The number of hydrogen-bond acceptors (Lipinski definition) is 2. The quantitative estimate of drug-likeness (QED) is 0.483. The zero-order valence-electron chi connectivity index (χ0n) is 16.1. The Balaban J connectivity index is 2.96. The Labute approximate surface area is 161 Å². The molecule has 152 valence electrons. The average molecular weight is 399 g/mol. The summed E-state index contributed by atoms with van der Waals surface area (Å²) in [7, 11) is 3.41. The van der Waals surface area contributed by atoms with Crippen LogP contribution in [-0.2, 0) is 10.2 Å². The van der Waals surface area contributed by atoms with Gasteiger partial charge in [-0.15, -0.1) is 0 Å². The molecule has 0 bridgehead atoms. The molecule has 7 heteroatoms. The lowest BCUT2D eigenvalue weighted by molar-refractivity contribution is -0.123. The van der Waals surface area contributed by atoms with Crippen molar-refractivity contribution in [3.05, 3.63) is 70.5 Å². The van der Waals surface area contributed by atoms with E-state index in [1.807, 2.05) is 0 Å². The number of ketones is 1. The molecular formula is C21H22F5NO. The topological polar surface area (TPSA) is 20.3 Å². The highest BCUT2D eigenvalue weighted by Crippen LogP contribution is 2.43. The molecule has 0 aliphatic heterocycles. The molecular weight excluding hydrogens is 377 g/mol. The Morgan fingerprint density at radius 2 is 1.50 bits per heavy atom. The van der Waals surface area contributed by atoms with Crippen molar-refractivity contribution in [3.63, 3.8) is 0 Å². The first-order chi connectivity index (χ1) is 13.1. The predicted octanol–water partition coefficient (Wildman–Crippen LogP) is 4.99. The van der Waals surface area contributed by atoms with Gasteiger partial charge in [0.05, 0.1) is 5.41 Å². The number of carbonyl (C=O) groups is 1. The normalized spacial score (nSPS) is 14.8. The van der Waals surface area contributed by atoms with Crippen LogP contribution in [0.1, 0.15) is 37.8 Å². The zero-order valence-corrected chi connectivity index (χ0v) is 16.1. The van der Waals surface area contributed by atoms with E-state index in [9.17, 15) is 26.7 Å². The third-order valence-electron chi connectivity index (χ3n) is 5.16. The van der Waals surface area contributed by atoms with E-state index >= 15 is 0 Å². The van der Waals surface area contributed by atoms with E-state index in [1.165, 1.54) is 19.1 Å². The first-order valence-corrected chi connectivity index (χ1v) is 8.85. The Morgan fingerprint density at radius 3 is 1.93 bits per heavy atom. The van der Waals surface area contributed by atoms with E-state index in [1.54, 1.807) is 25.9 Å². The van der Waals surface area contributed by atoms with Gasteiger partial charge in [0.25, 0.3) is 0 Å². The highest BCUT2D eigenvalue weighted by molar-refractivity contribution is 5.94. The predicted molar refractivity (Wildman–Crippen MR) is 96.5 cm³/mol. The monoisotopic (exact) mass is 399 g/mol. The summed E-state index contributed by atoms with van der Waals surface area (Å²) in [5.41, 5.74) is -2.95. The number of hydrogen-bond donors (Lipinski definition) is 0. The van der Waals surface area contributed by atoms with E-state index in [-0.39, 0.29) is 24.5 Å². The van der Waals surface area contributed by atoms with E-state index in [2.05, 4.69) is 0 Å². The number of halogens is 5. The second-order valence-corrected chi connectivity index (χ2v) is 7.05. The number of Topliss-reactive ketones (excluding diaryl/α,β-unsaturated/α-hetero) is 1. The van der Waals surface area contributed by atoms with Crippen LogP contribution in [0.2, 0.25) is 0 Å². The molecule has 0 saturated heterocycles. The third-order valence-corrected chi connectivity index (χ3v) is 5.16. The lowest BCUT2D eigenvalue weighted by atomic mass is 9.66. The fourth-order valence-electron chi connectivity index (χ4n) is 3.39. The summed E-state index contributed by atoms with van der Waals surface area (Å²) < 4.78 is 71.2. The SMILES string of the molecule is CCC(=O)[C@](C[C@H](C)N(C)C)(c1ccc(F)cc1)c1c(F)c(F)cc(F)c1F. The van der Waals surface area contributed by atoms with Gasteiger partial charge in [-0.2, -0.15) is 0 Å². The van der Waals surface area contributed by atoms with Gasteiger partial charge in [0.2, 0.25) is 0 Å². The minimum Gasteiger partial charge on any atom is -0.307 e. The Bertz CT molecular complexity index is 840. The maximum atomic E-state index is 14.8. The molecule has 2 atom stereocenters. The third kappa shape index (κ3) is 3.81. The van der Waals surface area contributed by atoms with Gasteiger partial charge in [-0.05, 0) is 45.1 Å². The first-order valence-electron chi connectivity index (χ1n) is 8.85. The van der Waals surface area contributed by atoms with Gasteiger partial charge in [0.1, 0.15) is 11.6 Å². The van der Waals surface area contributed by atoms with Crippen LogP contribution in [0, 0.1) is 29.1 Å². The summed E-state index contributed by atoms with van der Waals surface area (Å²) in [6.45, 7) is 3.21. The maximum absolute atomic E-state index is 14.8. The first kappa shape index (κ1) is 22.0.